The second kappa shape index (κ2) is 9.27. The zero-order chi connectivity index (χ0) is 15.7. The highest BCUT2D eigenvalue weighted by molar-refractivity contribution is 5.76. The first-order chi connectivity index (χ1) is 10.0. The Morgan fingerprint density at radius 3 is 2.57 bits per heavy atom. The van der Waals surface area contributed by atoms with Crippen molar-refractivity contribution in [3.63, 3.8) is 0 Å². The molecular weight excluding hydrogens is 266 g/mol. The molecule has 0 aliphatic rings. The molecule has 118 valence electrons. The molecule has 0 aromatic heterocycles. The van der Waals surface area contributed by atoms with E-state index in [4.69, 9.17) is 0 Å². The molecule has 0 saturated heterocycles. The van der Waals surface area contributed by atoms with Crippen LogP contribution in [0.25, 0.3) is 0 Å². The van der Waals surface area contributed by atoms with E-state index in [2.05, 4.69) is 12.2 Å². The fourth-order valence-corrected chi connectivity index (χ4v) is 2.37. The van der Waals surface area contributed by atoms with Gasteiger partial charge in [0.2, 0.25) is 5.91 Å². The number of carbonyl (C=O) groups excluding carboxylic acids is 1. The molecule has 1 aromatic carbocycles. The summed E-state index contributed by atoms with van der Waals surface area (Å²) in [7, 11) is 0. The molecule has 0 fully saturated rings. The maximum Gasteiger partial charge on any atom is 0.220 e. The van der Waals surface area contributed by atoms with Crippen molar-refractivity contribution in [1.29, 1.82) is 0 Å². The first-order valence-electron chi connectivity index (χ1n) is 7.83. The minimum absolute atomic E-state index is 0.00506. The Labute approximate surface area is 127 Å². The van der Waals surface area contributed by atoms with E-state index < -0.39 is 0 Å². The van der Waals surface area contributed by atoms with Gasteiger partial charge in [-0.1, -0.05) is 45.6 Å². The molecule has 1 rings (SSSR count). The summed E-state index contributed by atoms with van der Waals surface area (Å²) in [4.78, 5) is 11.9. The fourth-order valence-electron chi connectivity index (χ4n) is 2.37. The van der Waals surface area contributed by atoms with E-state index in [0.717, 1.165) is 19.4 Å². The summed E-state index contributed by atoms with van der Waals surface area (Å²) in [6.45, 7) is 4.80. The Balaban J connectivity index is 2.30. The van der Waals surface area contributed by atoms with Crippen molar-refractivity contribution in [2.45, 2.75) is 58.3 Å². The lowest BCUT2D eigenvalue weighted by Crippen LogP contribution is -2.25. The van der Waals surface area contributed by atoms with Crippen molar-refractivity contribution in [3.05, 3.63) is 23.8 Å². The van der Waals surface area contributed by atoms with E-state index in [1.807, 2.05) is 6.92 Å². The van der Waals surface area contributed by atoms with Crippen molar-refractivity contribution < 1.29 is 15.0 Å². The first kappa shape index (κ1) is 17.3. The van der Waals surface area contributed by atoms with Crippen molar-refractivity contribution in [2.24, 2.45) is 0 Å². The zero-order valence-corrected chi connectivity index (χ0v) is 13.1. The van der Waals surface area contributed by atoms with Crippen molar-refractivity contribution in [2.75, 3.05) is 6.54 Å². The number of benzene rings is 1. The molecule has 0 bridgehead atoms. The average Bonchev–Trinajstić information content (AvgIpc) is 2.42. The smallest absolute Gasteiger partial charge is 0.220 e. The molecule has 0 aliphatic carbocycles. The third-order valence-electron chi connectivity index (χ3n) is 3.64. The summed E-state index contributed by atoms with van der Waals surface area (Å²) >= 11 is 0. The number of carbonyl (C=O) groups is 1. The van der Waals surface area contributed by atoms with Crippen LogP contribution in [0.4, 0.5) is 0 Å². The highest BCUT2D eigenvalue weighted by atomic mass is 16.3. The molecule has 3 N–H and O–H groups in total. The van der Waals surface area contributed by atoms with Crippen LogP contribution in [-0.2, 0) is 4.79 Å². The molecule has 1 unspecified atom stereocenters. The average molecular weight is 293 g/mol. The largest absolute Gasteiger partial charge is 0.508 e. The van der Waals surface area contributed by atoms with Crippen LogP contribution in [-0.4, -0.2) is 22.7 Å². The van der Waals surface area contributed by atoms with Crippen LogP contribution in [0.5, 0.6) is 11.5 Å². The normalized spacial score (nSPS) is 12.1. The summed E-state index contributed by atoms with van der Waals surface area (Å²) in [5.74, 6) is -0.00833. The highest BCUT2D eigenvalue weighted by Crippen LogP contribution is 2.30. The van der Waals surface area contributed by atoms with Crippen molar-refractivity contribution >= 4 is 5.91 Å². The molecule has 4 heteroatoms. The summed E-state index contributed by atoms with van der Waals surface area (Å²) in [6, 6.07) is 4.49. The second-order valence-electron chi connectivity index (χ2n) is 5.61. The van der Waals surface area contributed by atoms with Gasteiger partial charge in [-0.3, -0.25) is 4.79 Å². The summed E-state index contributed by atoms with van der Waals surface area (Å²) < 4.78 is 0. The number of unbranched alkanes of at least 4 members (excludes halogenated alkanes) is 4. The maximum absolute atomic E-state index is 11.9. The number of phenols is 2. The number of phenolic OH excluding ortho intramolecular Hbond substituents is 2. The molecule has 1 atom stereocenters. The maximum atomic E-state index is 11.9. The number of hydrogen-bond acceptors (Lipinski definition) is 3. The molecule has 1 amide bonds. The third kappa shape index (κ3) is 6.52. The Kier molecular flexibility index (Phi) is 7.65. The van der Waals surface area contributed by atoms with Gasteiger partial charge in [0, 0.05) is 19.0 Å². The van der Waals surface area contributed by atoms with Gasteiger partial charge in [0.1, 0.15) is 11.5 Å². The first-order valence-corrected chi connectivity index (χ1v) is 7.83. The van der Waals surface area contributed by atoms with E-state index in [1.165, 1.54) is 31.4 Å². The summed E-state index contributed by atoms with van der Waals surface area (Å²) in [5.41, 5.74) is 0.686. The quantitative estimate of drug-likeness (QED) is 0.608. The third-order valence-corrected chi connectivity index (χ3v) is 3.64. The van der Waals surface area contributed by atoms with E-state index in [0.29, 0.717) is 12.0 Å². The number of nitrogens with one attached hydrogen (secondary N) is 1. The minimum Gasteiger partial charge on any atom is -0.508 e. The van der Waals surface area contributed by atoms with Crippen LogP contribution in [0.2, 0.25) is 0 Å². The van der Waals surface area contributed by atoms with Crippen molar-refractivity contribution in [1.82, 2.24) is 5.32 Å². The molecule has 1 aromatic rings. The standard InChI is InChI=1S/C17H27NO3/c1-3-4-5-6-7-10-18-17(21)11-13(2)15-9-8-14(19)12-16(15)20/h8-9,12-13,19-20H,3-7,10-11H2,1-2H3,(H,18,21). The fraction of sp³-hybridized carbons (Fsp3) is 0.588. The number of hydrogen-bond donors (Lipinski definition) is 3. The van der Waals surface area contributed by atoms with Crippen LogP contribution in [0.3, 0.4) is 0 Å². The molecule has 0 radical (unpaired) electrons. The van der Waals surface area contributed by atoms with Gasteiger partial charge in [-0.05, 0) is 24.0 Å². The highest BCUT2D eigenvalue weighted by Gasteiger charge is 2.14. The minimum atomic E-state index is -0.0781. The molecule has 0 saturated carbocycles. The lowest BCUT2D eigenvalue weighted by Gasteiger charge is -2.13. The van der Waals surface area contributed by atoms with Crippen molar-refractivity contribution in [3.8, 4) is 11.5 Å². The van der Waals surface area contributed by atoms with Crippen LogP contribution in [0.15, 0.2) is 18.2 Å². The van der Waals surface area contributed by atoms with Gasteiger partial charge in [0.25, 0.3) is 0 Å². The van der Waals surface area contributed by atoms with Crippen LogP contribution in [0.1, 0.15) is 63.9 Å². The van der Waals surface area contributed by atoms with Crippen LogP contribution >= 0.6 is 0 Å². The summed E-state index contributed by atoms with van der Waals surface area (Å²) in [5, 5.41) is 22.0. The molecule has 0 aliphatic heterocycles. The van der Waals surface area contributed by atoms with Gasteiger partial charge in [0.05, 0.1) is 0 Å². The Morgan fingerprint density at radius 2 is 1.90 bits per heavy atom. The topological polar surface area (TPSA) is 69.6 Å². The second-order valence-corrected chi connectivity index (χ2v) is 5.61. The van der Waals surface area contributed by atoms with Gasteiger partial charge in [-0.25, -0.2) is 0 Å². The van der Waals surface area contributed by atoms with E-state index in [-0.39, 0.29) is 23.3 Å². The molecule has 0 spiro atoms. The SMILES string of the molecule is CCCCCCCNC(=O)CC(C)c1ccc(O)cc1O. The predicted octanol–water partition coefficient (Wildman–Crippen LogP) is 3.68. The number of aromatic hydroxyl groups is 2. The molecule has 0 heterocycles. The van der Waals surface area contributed by atoms with Gasteiger partial charge >= 0.3 is 0 Å². The monoisotopic (exact) mass is 293 g/mol. The van der Waals surface area contributed by atoms with Crippen LogP contribution in [0, 0.1) is 0 Å². The molecular formula is C17H27NO3. The van der Waals surface area contributed by atoms with E-state index >= 15 is 0 Å². The predicted molar refractivity (Wildman–Crippen MR) is 84.6 cm³/mol. The molecule has 21 heavy (non-hydrogen) atoms. The Morgan fingerprint density at radius 1 is 1.19 bits per heavy atom. The van der Waals surface area contributed by atoms with Gasteiger partial charge < -0.3 is 15.5 Å². The van der Waals surface area contributed by atoms with Gasteiger partial charge in [0.15, 0.2) is 0 Å². The van der Waals surface area contributed by atoms with Crippen LogP contribution < -0.4 is 5.32 Å². The number of rotatable bonds is 9. The van der Waals surface area contributed by atoms with Gasteiger partial charge in [-0.15, -0.1) is 0 Å². The van der Waals surface area contributed by atoms with E-state index in [9.17, 15) is 15.0 Å². The van der Waals surface area contributed by atoms with Gasteiger partial charge in [-0.2, -0.15) is 0 Å². The Hall–Kier alpha value is -1.71. The molecule has 4 nitrogen and oxygen atoms in total. The zero-order valence-electron chi connectivity index (χ0n) is 13.1. The lowest BCUT2D eigenvalue weighted by molar-refractivity contribution is -0.121. The number of amides is 1. The lowest BCUT2D eigenvalue weighted by atomic mass is 9.96. The summed E-state index contributed by atoms with van der Waals surface area (Å²) in [6.07, 6.45) is 6.22. The Bertz CT molecular complexity index is 446. The van der Waals surface area contributed by atoms with E-state index in [1.54, 1.807) is 6.07 Å².